The van der Waals surface area contributed by atoms with Crippen LogP contribution in [-0.2, 0) is 9.47 Å². The summed E-state index contributed by atoms with van der Waals surface area (Å²) in [5.41, 5.74) is 1.61. The standard InChI is InChI=1S/C24H26ClNO4/c1-2-3-4-5-6-17-15-28-24(29-16-17)19-9-7-18(8-10-19)23(27)30-21-12-11-20(14-26)22(25)13-21/h7-13,17,24H,2-6,15-16H2,1H3. The average Bonchev–Trinajstić information content (AvgIpc) is 2.77. The Balaban J connectivity index is 1.51. The van der Waals surface area contributed by atoms with Crippen molar-refractivity contribution in [2.24, 2.45) is 5.92 Å². The second kappa shape index (κ2) is 11.1. The minimum Gasteiger partial charge on any atom is -0.423 e. The van der Waals surface area contributed by atoms with Gasteiger partial charge in [0.25, 0.3) is 0 Å². The number of ether oxygens (including phenoxy) is 3. The third-order valence-corrected chi connectivity index (χ3v) is 5.44. The maximum atomic E-state index is 12.4. The molecule has 1 aliphatic heterocycles. The number of nitriles is 1. The van der Waals surface area contributed by atoms with Crippen molar-refractivity contribution in [3.8, 4) is 11.8 Å². The Bertz CT molecular complexity index is 883. The Labute approximate surface area is 182 Å². The van der Waals surface area contributed by atoms with Gasteiger partial charge in [0, 0.05) is 17.5 Å². The zero-order valence-electron chi connectivity index (χ0n) is 17.1. The number of rotatable bonds is 8. The predicted molar refractivity (Wildman–Crippen MR) is 114 cm³/mol. The summed E-state index contributed by atoms with van der Waals surface area (Å²) in [6.07, 6.45) is 5.74. The summed E-state index contributed by atoms with van der Waals surface area (Å²) in [7, 11) is 0. The van der Waals surface area contributed by atoms with Gasteiger partial charge in [-0.15, -0.1) is 0 Å². The van der Waals surface area contributed by atoms with Crippen molar-refractivity contribution in [1.82, 2.24) is 0 Å². The Morgan fingerprint density at radius 2 is 1.87 bits per heavy atom. The molecule has 0 saturated carbocycles. The first-order valence-electron chi connectivity index (χ1n) is 10.4. The third-order valence-electron chi connectivity index (χ3n) is 5.12. The van der Waals surface area contributed by atoms with Crippen molar-refractivity contribution in [2.45, 2.75) is 45.3 Å². The number of hydrogen-bond donors (Lipinski definition) is 0. The molecular weight excluding hydrogens is 402 g/mol. The van der Waals surface area contributed by atoms with Crippen LogP contribution in [0.25, 0.3) is 0 Å². The fourth-order valence-corrected chi connectivity index (χ4v) is 3.57. The second-order valence-corrected chi connectivity index (χ2v) is 7.89. The Hall–Kier alpha value is -2.39. The van der Waals surface area contributed by atoms with E-state index in [0.29, 0.717) is 30.3 Å². The van der Waals surface area contributed by atoms with Crippen LogP contribution in [0.4, 0.5) is 0 Å². The molecule has 0 aromatic heterocycles. The van der Waals surface area contributed by atoms with E-state index in [-0.39, 0.29) is 10.8 Å². The van der Waals surface area contributed by atoms with Crippen LogP contribution in [0.15, 0.2) is 42.5 Å². The van der Waals surface area contributed by atoms with Crippen LogP contribution in [0.1, 0.15) is 66.8 Å². The lowest BCUT2D eigenvalue weighted by atomic mass is 10.0. The van der Waals surface area contributed by atoms with E-state index in [4.69, 9.17) is 31.1 Å². The van der Waals surface area contributed by atoms with Crippen molar-refractivity contribution >= 4 is 17.6 Å². The molecule has 1 heterocycles. The Morgan fingerprint density at radius 3 is 2.50 bits per heavy atom. The van der Waals surface area contributed by atoms with E-state index in [2.05, 4.69) is 6.92 Å². The van der Waals surface area contributed by atoms with Crippen molar-refractivity contribution in [2.75, 3.05) is 13.2 Å². The van der Waals surface area contributed by atoms with E-state index >= 15 is 0 Å². The monoisotopic (exact) mass is 427 g/mol. The van der Waals surface area contributed by atoms with Gasteiger partial charge in [-0.05, 0) is 30.7 Å². The molecule has 2 aromatic carbocycles. The van der Waals surface area contributed by atoms with E-state index in [9.17, 15) is 4.79 Å². The van der Waals surface area contributed by atoms with Crippen LogP contribution in [-0.4, -0.2) is 19.2 Å². The largest absolute Gasteiger partial charge is 0.423 e. The van der Waals surface area contributed by atoms with Crippen LogP contribution in [0.5, 0.6) is 5.75 Å². The molecule has 0 aliphatic carbocycles. The second-order valence-electron chi connectivity index (χ2n) is 7.48. The third kappa shape index (κ3) is 6.06. The molecule has 0 amide bonds. The molecule has 6 heteroatoms. The maximum Gasteiger partial charge on any atom is 0.343 e. The highest BCUT2D eigenvalue weighted by atomic mass is 35.5. The summed E-state index contributed by atoms with van der Waals surface area (Å²) in [6, 6.07) is 13.5. The van der Waals surface area contributed by atoms with Crippen LogP contribution < -0.4 is 4.74 Å². The molecule has 0 radical (unpaired) electrons. The van der Waals surface area contributed by atoms with Gasteiger partial charge in [0.2, 0.25) is 0 Å². The normalized spacial score (nSPS) is 18.6. The summed E-state index contributed by atoms with van der Waals surface area (Å²) in [4.78, 5) is 12.4. The van der Waals surface area contributed by atoms with Gasteiger partial charge in [0.1, 0.15) is 11.8 Å². The first-order chi connectivity index (χ1) is 14.6. The van der Waals surface area contributed by atoms with Crippen LogP contribution in [0.2, 0.25) is 5.02 Å². The SMILES string of the molecule is CCCCCCC1COC(c2ccc(C(=O)Oc3ccc(C#N)c(Cl)c3)cc2)OC1. The van der Waals surface area contributed by atoms with Crippen LogP contribution in [0, 0.1) is 17.2 Å². The minimum atomic E-state index is -0.500. The number of hydrogen-bond acceptors (Lipinski definition) is 5. The molecule has 5 nitrogen and oxygen atoms in total. The fourth-order valence-electron chi connectivity index (χ4n) is 3.35. The molecule has 0 unspecified atom stereocenters. The highest BCUT2D eigenvalue weighted by Gasteiger charge is 2.23. The minimum absolute atomic E-state index is 0.244. The summed E-state index contributed by atoms with van der Waals surface area (Å²) >= 11 is 5.98. The van der Waals surface area contributed by atoms with Crippen LogP contribution >= 0.6 is 11.6 Å². The van der Waals surface area contributed by atoms with Gasteiger partial charge in [0.05, 0.1) is 29.4 Å². The number of carbonyl (C=O) groups excluding carboxylic acids is 1. The molecule has 30 heavy (non-hydrogen) atoms. The Kier molecular flexibility index (Phi) is 8.27. The lowest BCUT2D eigenvalue weighted by molar-refractivity contribution is -0.206. The van der Waals surface area contributed by atoms with Gasteiger partial charge in [-0.1, -0.05) is 56.3 Å². The molecule has 0 atom stereocenters. The summed E-state index contributed by atoms with van der Waals surface area (Å²) < 4.78 is 17.1. The van der Waals surface area contributed by atoms with Crippen molar-refractivity contribution in [1.29, 1.82) is 5.26 Å². The van der Waals surface area contributed by atoms with Crippen molar-refractivity contribution in [3.05, 3.63) is 64.2 Å². The molecule has 1 saturated heterocycles. The smallest absolute Gasteiger partial charge is 0.343 e. The van der Waals surface area contributed by atoms with Gasteiger partial charge in [0.15, 0.2) is 6.29 Å². The van der Waals surface area contributed by atoms with Gasteiger partial charge in [-0.2, -0.15) is 5.26 Å². The molecule has 3 rings (SSSR count). The lowest BCUT2D eigenvalue weighted by Crippen LogP contribution is -2.27. The van der Waals surface area contributed by atoms with Gasteiger partial charge >= 0.3 is 5.97 Å². The summed E-state index contributed by atoms with van der Waals surface area (Å²) in [5, 5.41) is 9.16. The fraction of sp³-hybridized carbons (Fsp3) is 0.417. The molecule has 0 N–H and O–H groups in total. The number of halogens is 1. The lowest BCUT2D eigenvalue weighted by Gasteiger charge is -2.29. The molecule has 1 aliphatic rings. The number of carbonyl (C=O) groups is 1. The van der Waals surface area contributed by atoms with E-state index in [1.165, 1.54) is 37.8 Å². The molecule has 2 aromatic rings. The summed E-state index contributed by atoms with van der Waals surface area (Å²) in [6.45, 7) is 3.60. The highest BCUT2D eigenvalue weighted by molar-refractivity contribution is 6.31. The topological polar surface area (TPSA) is 68.5 Å². The first-order valence-corrected chi connectivity index (χ1v) is 10.7. The van der Waals surface area contributed by atoms with E-state index < -0.39 is 12.3 Å². The number of unbranched alkanes of at least 4 members (excludes halogenated alkanes) is 3. The average molecular weight is 428 g/mol. The number of benzene rings is 2. The van der Waals surface area contributed by atoms with E-state index in [1.807, 2.05) is 18.2 Å². The zero-order valence-corrected chi connectivity index (χ0v) is 17.9. The highest BCUT2D eigenvalue weighted by Crippen LogP contribution is 2.28. The van der Waals surface area contributed by atoms with Gasteiger partial charge < -0.3 is 14.2 Å². The number of esters is 1. The molecule has 0 spiro atoms. The molecule has 158 valence electrons. The van der Waals surface area contributed by atoms with Crippen molar-refractivity contribution in [3.63, 3.8) is 0 Å². The zero-order chi connectivity index (χ0) is 21.3. The van der Waals surface area contributed by atoms with E-state index in [1.54, 1.807) is 18.2 Å². The Morgan fingerprint density at radius 1 is 1.13 bits per heavy atom. The quantitative estimate of drug-likeness (QED) is 0.291. The van der Waals surface area contributed by atoms with Crippen LogP contribution in [0.3, 0.4) is 0 Å². The molecule has 0 bridgehead atoms. The summed E-state index contributed by atoms with van der Waals surface area (Å²) in [5.74, 6) is 0.239. The predicted octanol–water partition coefficient (Wildman–Crippen LogP) is 6.06. The molecule has 1 fully saturated rings. The number of nitrogens with zero attached hydrogens (tertiary/aromatic N) is 1. The maximum absolute atomic E-state index is 12.4. The van der Waals surface area contributed by atoms with Crippen molar-refractivity contribution < 1.29 is 19.0 Å². The van der Waals surface area contributed by atoms with Gasteiger partial charge in [-0.25, -0.2) is 4.79 Å². The first kappa shape index (κ1) is 22.3. The van der Waals surface area contributed by atoms with E-state index in [0.717, 1.165) is 12.0 Å². The molecular formula is C24H26ClNO4. The van der Waals surface area contributed by atoms with Gasteiger partial charge in [-0.3, -0.25) is 0 Å².